The summed E-state index contributed by atoms with van der Waals surface area (Å²) in [7, 11) is 4.26. The van der Waals surface area contributed by atoms with Gasteiger partial charge in [-0.2, -0.15) is 5.26 Å². The van der Waals surface area contributed by atoms with Crippen molar-refractivity contribution in [3.8, 4) is 17.3 Å². The van der Waals surface area contributed by atoms with Crippen LogP contribution < -0.4 is 10.2 Å². The molecule has 2 aliphatic heterocycles. The Morgan fingerprint density at radius 3 is 2.42 bits per heavy atom. The standard InChI is InChI=1S/C26H27N5/c1-29-11-13-31(14-12-29)23-6-5-19-15-21(4-3-20(19)16-23)25-7-8-26(30(25)2)24-9-10-28-18-22(24)17-27/h3-10,15-16,28H,11-14,18H2,1-2H3. The first-order valence-electron chi connectivity index (χ1n) is 10.8. The number of allylic oxidation sites excluding steroid dienone is 2. The number of aromatic nitrogens is 1. The fraction of sp³-hybridized carbons (Fsp3) is 0.269. The van der Waals surface area contributed by atoms with E-state index in [1.165, 1.54) is 22.0 Å². The molecule has 0 saturated carbocycles. The van der Waals surface area contributed by atoms with Crippen LogP contribution in [0.4, 0.5) is 5.69 Å². The van der Waals surface area contributed by atoms with E-state index in [0.29, 0.717) is 6.54 Å². The Morgan fingerprint density at radius 1 is 0.871 bits per heavy atom. The summed E-state index contributed by atoms with van der Waals surface area (Å²) >= 11 is 0. The largest absolute Gasteiger partial charge is 0.386 e. The predicted octanol–water partition coefficient (Wildman–Crippen LogP) is 3.99. The number of nitriles is 1. The molecule has 31 heavy (non-hydrogen) atoms. The predicted molar refractivity (Wildman–Crippen MR) is 128 cm³/mol. The van der Waals surface area contributed by atoms with Crippen molar-refractivity contribution in [3.05, 3.63) is 72.1 Å². The molecule has 5 heteroatoms. The van der Waals surface area contributed by atoms with Crippen LogP contribution in [0.2, 0.25) is 0 Å². The maximum absolute atomic E-state index is 9.49. The van der Waals surface area contributed by atoms with E-state index in [0.717, 1.165) is 48.7 Å². The lowest BCUT2D eigenvalue weighted by Gasteiger charge is -2.34. The molecule has 0 amide bonds. The molecule has 0 spiro atoms. The highest BCUT2D eigenvalue weighted by molar-refractivity contribution is 5.90. The lowest BCUT2D eigenvalue weighted by atomic mass is 10.0. The van der Waals surface area contributed by atoms with Crippen LogP contribution in [0.25, 0.3) is 27.6 Å². The lowest BCUT2D eigenvalue weighted by Crippen LogP contribution is -2.44. The molecule has 3 heterocycles. The molecule has 2 aromatic carbocycles. The molecule has 5 rings (SSSR count). The summed E-state index contributed by atoms with van der Waals surface area (Å²) in [6.07, 6.45) is 3.90. The molecule has 0 bridgehead atoms. The van der Waals surface area contributed by atoms with Gasteiger partial charge in [0.05, 0.1) is 18.2 Å². The van der Waals surface area contributed by atoms with Crippen LogP contribution in [-0.2, 0) is 7.05 Å². The normalized spacial score (nSPS) is 17.1. The van der Waals surface area contributed by atoms with E-state index in [1.54, 1.807) is 0 Å². The number of benzene rings is 2. The number of nitrogens with one attached hydrogen (secondary N) is 1. The molecule has 0 atom stereocenters. The van der Waals surface area contributed by atoms with Gasteiger partial charge in [-0.25, -0.2) is 0 Å². The van der Waals surface area contributed by atoms with Crippen LogP contribution in [0.1, 0.15) is 5.69 Å². The first-order chi connectivity index (χ1) is 15.1. The Hall–Kier alpha value is -3.49. The van der Waals surface area contributed by atoms with Gasteiger partial charge in [0.1, 0.15) is 0 Å². The van der Waals surface area contributed by atoms with E-state index in [-0.39, 0.29) is 0 Å². The summed E-state index contributed by atoms with van der Waals surface area (Å²) in [5, 5.41) is 15.1. The van der Waals surface area contributed by atoms with E-state index in [2.05, 4.69) is 88.4 Å². The van der Waals surface area contributed by atoms with E-state index >= 15 is 0 Å². The zero-order valence-electron chi connectivity index (χ0n) is 18.1. The van der Waals surface area contributed by atoms with E-state index < -0.39 is 0 Å². The molecule has 0 radical (unpaired) electrons. The van der Waals surface area contributed by atoms with Gasteiger partial charge in [-0.05, 0) is 66.0 Å². The Labute approximate surface area is 183 Å². The van der Waals surface area contributed by atoms with Crippen molar-refractivity contribution < 1.29 is 0 Å². The molecule has 0 unspecified atom stereocenters. The number of likely N-dealkylation sites (N-methyl/N-ethyl adjacent to an activating group) is 1. The third-order valence-electron chi connectivity index (χ3n) is 6.49. The average Bonchev–Trinajstić information content (AvgIpc) is 3.20. The topological polar surface area (TPSA) is 47.2 Å². The van der Waals surface area contributed by atoms with Gasteiger partial charge < -0.3 is 19.7 Å². The highest BCUT2D eigenvalue weighted by atomic mass is 15.2. The van der Waals surface area contributed by atoms with Crippen molar-refractivity contribution in [2.75, 3.05) is 44.7 Å². The molecule has 1 fully saturated rings. The number of nitrogens with zero attached hydrogens (tertiary/aromatic N) is 4. The Kier molecular flexibility index (Phi) is 5.01. The number of hydrogen-bond acceptors (Lipinski definition) is 4. The summed E-state index contributed by atoms with van der Waals surface area (Å²) in [6.45, 7) is 4.96. The third kappa shape index (κ3) is 3.60. The summed E-state index contributed by atoms with van der Waals surface area (Å²) in [5.74, 6) is 0. The van der Waals surface area contributed by atoms with E-state index in [9.17, 15) is 5.26 Å². The van der Waals surface area contributed by atoms with Gasteiger partial charge >= 0.3 is 0 Å². The quantitative estimate of drug-likeness (QED) is 0.711. The summed E-state index contributed by atoms with van der Waals surface area (Å²) in [5.41, 5.74) is 6.47. The van der Waals surface area contributed by atoms with E-state index in [4.69, 9.17) is 0 Å². The van der Waals surface area contributed by atoms with Gasteiger partial charge in [0, 0.05) is 55.9 Å². The van der Waals surface area contributed by atoms with Crippen LogP contribution in [-0.4, -0.2) is 49.2 Å². The van der Waals surface area contributed by atoms with Crippen molar-refractivity contribution in [1.82, 2.24) is 14.8 Å². The van der Waals surface area contributed by atoms with Crippen molar-refractivity contribution in [2.45, 2.75) is 0 Å². The minimum Gasteiger partial charge on any atom is -0.386 e. The second-order valence-corrected chi connectivity index (χ2v) is 8.42. The molecule has 5 nitrogen and oxygen atoms in total. The Morgan fingerprint density at radius 2 is 1.61 bits per heavy atom. The van der Waals surface area contributed by atoms with Gasteiger partial charge in [-0.15, -0.1) is 0 Å². The second-order valence-electron chi connectivity index (χ2n) is 8.42. The van der Waals surface area contributed by atoms with Crippen LogP contribution in [0, 0.1) is 11.3 Å². The summed E-state index contributed by atoms with van der Waals surface area (Å²) in [4.78, 5) is 4.86. The summed E-state index contributed by atoms with van der Waals surface area (Å²) in [6, 6.07) is 20.1. The van der Waals surface area contributed by atoms with Crippen LogP contribution in [0.15, 0.2) is 66.4 Å². The van der Waals surface area contributed by atoms with Gasteiger partial charge in [0.25, 0.3) is 0 Å². The minimum atomic E-state index is 0.578. The van der Waals surface area contributed by atoms with Crippen molar-refractivity contribution in [2.24, 2.45) is 7.05 Å². The number of rotatable bonds is 3. The molecule has 1 N–H and O–H groups in total. The van der Waals surface area contributed by atoms with Crippen LogP contribution in [0.5, 0.6) is 0 Å². The number of anilines is 1. The number of fused-ring (bicyclic) bond motifs is 1. The zero-order chi connectivity index (χ0) is 21.4. The van der Waals surface area contributed by atoms with Crippen LogP contribution >= 0.6 is 0 Å². The van der Waals surface area contributed by atoms with Crippen LogP contribution in [0.3, 0.4) is 0 Å². The van der Waals surface area contributed by atoms with Crippen molar-refractivity contribution in [3.63, 3.8) is 0 Å². The fourth-order valence-electron chi connectivity index (χ4n) is 4.56. The molecule has 156 valence electrons. The lowest BCUT2D eigenvalue weighted by molar-refractivity contribution is 0.313. The highest BCUT2D eigenvalue weighted by Crippen LogP contribution is 2.31. The smallest absolute Gasteiger partial charge is 0.0973 e. The SMILES string of the molecule is CN1CCN(c2ccc3cc(-c4ccc(C5=C(C#N)CNC=C5)n4C)ccc3c2)CC1. The number of piperazine rings is 1. The highest BCUT2D eigenvalue weighted by Gasteiger charge is 2.16. The first kappa shape index (κ1) is 19.5. The zero-order valence-corrected chi connectivity index (χ0v) is 18.1. The molecule has 1 saturated heterocycles. The molecule has 1 aromatic heterocycles. The maximum Gasteiger partial charge on any atom is 0.0973 e. The van der Waals surface area contributed by atoms with Gasteiger partial charge in [-0.1, -0.05) is 18.2 Å². The number of hydrogen-bond donors (Lipinski definition) is 1. The Balaban J connectivity index is 1.47. The molecule has 0 aliphatic carbocycles. The number of dihydropyridines is 1. The molecule has 2 aliphatic rings. The van der Waals surface area contributed by atoms with E-state index in [1.807, 2.05) is 12.3 Å². The Bertz CT molecular complexity index is 1230. The first-order valence-corrected chi connectivity index (χ1v) is 10.8. The third-order valence-corrected chi connectivity index (χ3v) is 6.49. The fourth-order valence-corrected chi connectivity index (χ4v) is 4.56. The van der Waals surface area contributed by atoms with Gasteiger partial charge in [-0.3, -0.25) is 0 Å². The van der Waals surface area contributed by atoms with Crippen molar-refractivity contribution >= 4 is 22.0 Å². The second kappa shape index (κ2) is 7.98. The maximum atomic E-state index is 9.49. The van der Waals surface area contributed by atoms with Crippen molar-refractivity contribution in [1.29, 1.82) is 5.26 Å². The average molecular weight is 410 g/mol. The molecular formula is C26H27N5. The van der Waals surface area contributed by atoms with Gasteiger partial charge in [0.15, 0.2) is 0 Å². The molecular weight excluding hydrogens is 382 g/mol. The minimum absolute atomic E-state index is 0.578. The monoisotopic (exact) mass is 409 g/mol. The summed E-state index contributed by atoms with van der Waals surface area (Å²) < 4.78 is 2.18. The van der Waals surface area contributed by atoms with Gasteiger partial charge in [0.2, 0.25) is 0 Å². The molecule has 3 aromatic rings.